The molecule has 0 unspecified atom stereocenters. The van der Waals surface area contributed by atoms with Crippen LogP contribution in [0.5, 0.6) is 0 Å². The minimum absolute atomic E-state index is 0.0231. The number of ketones is 1. The summed E-state index contributed by atoms with van der Waals surface area (Å²) in [5.74, 6) is -3.03. The third-order valence-corrected chi connectivity index (χ3v) is 11.2. The number of amides is 5. The largest absolute Gasteiger partial charge is 0.350 e. The molecule has 1 aliphatic heterocycles. The van der Waals surface area contributed by atoms with Gasteiger partial charge < -0.3 is 26.2 Å². The highest BCUT2D eigenvalue weighted by molar-refractivity contribution is 7.89. The lowest BCUT2D eigenvalue weighted by molar-refractivity contribution is -0.144. The van der Waals surface area contributed by atoms with Gasteiger partial charge in [-0.25, -0.2) is 13.2 Å². The van der Waals surface area contributed by atoms with Gasteiger partial charge in [0, 0.05) is 20.1 Å². The van der Waals surface area contributed by atoms with Crippen molar-refractivity contribution in [1.29, 1.82) is 0 Å². The number of nitrogens with one attached hydrogen (secondary N) is 4. The fraction of sp³-hybridized carbons (Fsp3) is 0.844. The van der Waals surface area contributed by atoms with Crippen molar-refractivity contribution >= 4 is 39.6 Å². The summed E-state index contributed by atoms with van der Waals surface area (Å²) >= 11 is 0. The van der Waals surface area contributed by atoms with Crippen LogP contribution in [-0.4, -0.2) is 104 Å². The molecule has 4 atom stereocenters. The fourth-order valence-electron chi connectivity index (χ4n) is 6.63. The smallest absolute Gasteiger partial charge is 0.315 e. The van der Waals surface area contributed by atoms with Crippen LogP contribution < -0.4 is 21.3 Å². The van der Waals surface area contributed by atoms with Gasteiger partial charge in [0.2, 0.25) is 27.6 Å². The molecule has 0 aromatic carbocycles. The highest BCUT2D eigenvalue weighted by atomic mass is 32.2. The first-order chi connectivity index (χ1) is 21.8. The molecule has 2 aliphatic rings. The Hall–Kier alpha value is -2.78. The Morgan fingerprint density at radius 3 is 2.15 bits per heavy atom. The number of sulfonamides is 1. The van der Waals surface area contributed by atoms with Gasteiger partial charge in [-0.05, 0) is 49.9 Å². The van der Waals surface area contributed by atoms with E-state index in [1.165, 1.54) is 19.1 Å². The number of nitrogens with zero attached hydrogens (tertiary/aromatic N) is 2. The van der Waals surface area contributed by atoms with Crippen LogP contribution in [0.1, 0.15) is 99.8 Å². The molecule has 270 valence electrons. The molecule has 0 aromatic rings. The van der Waals surface area contributed by atoms with Crippen molar-refractivity contribution in [2.75, 3.05) is 33.0 Å². The van der Waals surface area contributed by atoms with Crippen LogP contribution in [0.25, 0.3) is 0 Å². The predicted octanol–water partition coefficient (Wildman–Crippen LogP) is 2.09. The van der Waals surface area contributed by atoms with E-state index >= 15 is 0 Å². The molecule has 1 saturated carbocycles. The van der Waals surface area contributed by atoms with Crippen molar-refractivity contribution in [2.45, 2.75) is 123 Å². The second-order valence-electron chi connectivity index (χ2n) is 14.3. The van der Waals surface area contributed by atoms with Gasteiger partial charge in [0.25, 0.3) is 5.91 Å². The molecule has 47 heavy (non-hydrogen) atoms. The average molecular weight is 687 g/mol. The second kappa shape index (κ2) is 17.0. The van der Waals surface area contributed by atoms with Crippen LogP contribution >= 0.6 is 0 Å². The van der Waals surface area contributed by atoms with E-state index in [1.807, 2.05) is 20.8 Å². The monoisotopic (exact) mass is 686 g/mol. The number of hydrogen-bond donors (Lipinski definition) is 4. The number of hydroxylamine groups is 1. The number of likely N-dealkylation sites (N-methyl/N-ethyl adjacent to an activating group) is 1. The predicted molar refractivity (Wildman–Crippen MR) is 178 cm³/mol. The van der Waals surface area contributed by atoms with E-state index in [-0.39, 0.29) is 37.1 Å². The van der Waals surface area contributed by atoms with Crippen molar-refractivity contribution < 1.29 is 37.2 Å². The number of carbonyl (C=O) groups is 5. The van der Waals surface area contributed by atoms with E-state index in [9.17, 15) is 32.4 Å². The number of urea groups is 1. The molecule has 0 spiro atoms. The molecule has 1 saturated heterocycles. The average Bonchev–Trinajstić information content (AvgIpc) is 3.44. The summed E-state index contributed by atoms with van der Waals surface area (Å²) in [6.45, 7) is 13.4. The Bertz CT molecular complexity index is 1230. The van der Waals surface area contributed by atoms with E-state index in [4.69, 9.17) is 4.84 Å². The number of carbonyl (C=O) groups excluding carboxylic acids is 5. The van der Waals surface area contributed by atoms with Crippen LogP contribution in [0, 0.1) is 17.3 Å². The van der Waals surface area contributed by atoms with Gasteiger partial charge in [0.15, 0.2) is 0 Å². The summed E-state index contributed by atoms with van der Waals surface area (Å²) in [6, 6.07) is -3.69. The second-order valence-corrected chi connectivity index (χ2v) is 16.3. The Labute approximate surface area is 280 Å². The van der Waals surface area contributed by atoms with E-state index in [0.29, 0.717) is 25.7 Å². The van der Waals surface area contributed by atoms with Crippen molar-refractivity contribution in [3.63, 3.8) is 0 Å². The molecule has 4 N–H and O–H groups in total. The Morgan fingerprint density at radius 1 is 1.02 bits per heavy atom. The molecule has 2 fully saturated rings. The third-order valence-electron chi connectivity index (χ3n) is 9.31. The Morgan fingerprint density at radius 2 is 1.64 bits per heavy atom. The van der Waals surface area contributed by atoms with Gasteiger partial charge in [-0.3, -0.25) is 24.0 Å². The Kier molecular flexibility index (Phi) is 14.7. The minimum Gasteiger partial charge on any atom is -0.350 e. The molecule has 1 aliphatic carbocycles. The first kappa shape index (κ1) is 40.4. The van der Waals surface area contributed by atoms with Crippen molar-refractivity contribution in [3.05, 3.63) is 0 Å². The zero-order valence-corrected chi connectivity index (χ0v) is 30.6. The maximum atomic E-state index is 14.3. The lowest BCUT2D eigenvalue weighted by Crippen LogP contribution is -2.64. The van der Waals surface area contributed by atoms with Crippen LogP contribution in [0.3, 0.4) is 0 Å². The van der Waals surface area contributed by atoms with Crippen LogP contribution in [0.4, 0.5) is 4.79 Å². The molecule has 1 heterocycles. The van der Waals surface area contributed by atoms with Gasteiger partial charge in [-0.15, -0.1) is 0 Å². The van der Waals surface area contributed by atoms with Crippen LogP contribution in [0.15, 0.2) is 0 Å². The molecule has 5 amide bonds. The van der Waals surface area contributed by atoms with E-state index in [2.05, 4.69) is 21.3 Å². The van der Waals surface area contributed by atoms with Crippen LogP contribution in [0.2, 0.25) is 0 Å². The number of likely N-dealkylation sites (tertiary alicyclic amines) is 1. The SMILES string of the molecule is CCC[C@H](NC(=O)[C@@H]1[C@@H](C(C)C)CCN1C(=O)[C@@H](NC(=O)NC1(CS(=O)(=O)N(C)OC)CCCCC1)C(C)(C)C)C(=O)C(=O)NCC. The molecule has 15 heteroatoms. The number of Topliss-reactive ketones (excluding diaryl/α,β-unsaturated/α-hetero) is 1. The Balaban J connectivity index is 2.36. The van der Waals surface area contributed by atoms with Crippen molar-refractivity contribution in [1.82, 2.24) is 30.6 Å². The lowest BCUT2D eigenvalue weighted by Gasteiger charge is -2.40. The van der Waals surface area contributed by atoms with Gasteiger partial charge in [-0.1, -0.05) is 71.7 Å². The fourth-order valence-corrected chi connectivity index (χ4v) is 8.10. The first-order valence-corrected chi connectivity index (χ1v) is 18.5. The molecular weight excluding hydrogens is 628 g/mol. The van der Waals surface area contributed by atoms with E-state index < -0.39 is 68.6 Å². The summed E-state index contributed by atoms with van der Waals surface area (Å²) in [7, 11) is -1.31. The highest BCUT2D eigenvalue weighted by Gasteiger charge is 2.48. The first-order valence-electron chi connectivity index (χ1n) is 16.9. The third kappa shape index (κ3) is 10.6. The zero-order valence-electron chi connectivity index (χ0n) is 29.7. The minimum atomic E-state index is -3.86. The molecular formula is C32H58N6O8S. The van der Waals surface area contributed by atoms with Gasteiger partial charge in [0.1, 0.15) is 12.1 Å². The highest BCUT2D eigenvalue weighted by Crippen LogP contribution is 2.34. The topological polar surface area (TPSA) is 183 Å². The molecule has 0 aromatic heterocycles. The zero-order chi connectivity index (χ0) is 35.7. The summed E-state index contributed by atoms with van der Waals surface area (Å²) in [5, 5.41) is 11.0. The van der Waals surface area contributed by atoms with Crippen molar-refractivity contribution in [3.8, 4) is 0 Å². The summed E-state index contributed by atoms with van der Waals surface area (Å²) in [5.41, 5.74) is -1.84. The molecule has 2 rings (SSSR count). The molecule has 0 bridgehead atoms. The quantitative estimate of drug-likeness (QED) is 0.149. The summed E-state index contributed by atoms with van der Waals surface area (Å²) in [6.07, 6.45) is 4.63. The number of rotatable bonds is 15. The maximum absolute atomic E-state index is 14.3. The summed E-state index contributed by atoms with van der Waals surface area (Å²) in [4.78, 5) is 73.5. The molecule has 14 nitrogen and oxygen atoms in total. The molecule has 0 radical (unpaired) electrons. The van der Waals surface area contributed by atoms with Gasteiger partial charge in [0.05, 0.1) is 24.4 Å². The lowest BCUT2D eigenvalue weighted by atomic mass is 9.83. The van der Waals surface area contributed by atoms with E-state index in [1.54, 1.807) is 27.7 Å². The van der Waals surface area contributed by atoms with Gasteiger partial charge >= 0.3 is 6.03 Å². The maximum Gasteiger partial charge on any atom is 0.315 e. The van der Waals surface area contributed by atoms with Crippen molar-refractivity contribution in [2.24, 2.45) is 17.3 Å². The normalized spacial score (nSPS) is 21.2. The summed E-state index contributed by atoms with van der Waals surface area (Å²) < 4.78 is 26.7. The standard InChI is InChI=1S/C32H58N6O8S/c1-10-15-23(25(39)28(41)33-11-2)34-27(40)24-22(21(3)4)16-19-38(24)29(42)26(31(5,6)7)35-30(43)36-32(17-13-12-14-18-32)20-47(44,45)37(8)46-9/h21-24,26H,10-20H2,1-9H3,(H,33,41)(H,34,40)(H2,35,36,43)/t22-,23+,24+,26-/m1/s1. The van der Waals surface area contributed by atoms with E-state index in [0.717, 1.165) is 23.7 Å². The van der Waals surface area contributed by atoms with Gasteiger partial charge in [-0.2, -0.15) is 0 Å². The number of hydrogen-bond acceptors (Lipinski definition) is 8. The van der Waals surface area contributed by atoms with Crippen LogP contribution in [-0.2, 0) is 34.0 Å².